The predicted molar refractivity (Wildman–Crippen MR) is 212 cm³/mol. The predicted octanol–water partition coefficient (Wildman–Crippen LogP) is 6.89. The molecular weight excluding hydrogens is 750 g/mol. The van der Waals surface area contributed by atoms with Crippen molar-refractivity contribution >= 4 is 64.5 Å². The van der Waals surface area contributed by atoms with E-state index in [1.54, 1.807) is 21.8 Å². The number of likely N-dealkylation sites (tertiary alicyclic amines) is 1. The van der Waals surface area contributed by atoms with Gasteiger partial charge in [-0.05, 0) is 78.5 Å². The SMILES string of the molecule is COc1ccc([Si](C)(C)[C@@H]2[C@@H](CC(=O)N3CCC[C@H]3CO)O[C@]3(C(=O)N(Cc4cccc(N(C=O)c5ccccc5)c4)c4ccc(Br)cc43)[C@H]2C)cc1. The van der Waals surface area contributed by atoms with E-state index in [1.165, 1.54) is 5.19 Å². The molecule has 276 valence electrons. The van der Waals surface area contributed by atoms with E-state index in [4.69, 9.17) is 9.47 Å². The Labute approximate surface area is 320 Å². The van der Waals surface area contributed by atoms with Gasteiger partial charge in [0.1, 0.15) is 5.75 Å². The van der Waals surface area contributed by atoms with Crippen LogP contribution in [-0.2, 0) is 31.3 Å². The first-order valence-electron chi connectivity index (χ1n) is 18.3. The third-order valence-electron chi connectivity index (χ3n) is 11.8. The summed E-state index contributed by atoms with van der Waals surface area (Å²) in [7, 11) is -0.821. The van der Waals surface area contributed by atoms with Crippen molar-refractivity contribution in [3.63, 3.8) is 0 Å². The Hall–Kier alpha value is -4.29. The van der Waals surface area contributed by atoms with E-state index in [-0.39, 0.29) is 48.9 Å². The van der Waals surface area contributed by atoms with E-state index in [0.717, 1.165) is 52.0 Å². The highest BCUT2D eigenvalue weighted by Crippen LogP contribution is 2.60. The van der Waals surface area contributed by atoms with Gasteiger partial charge in [-0.1, -0.05) is 83.6 Å². The molecule has 0 unspecified atom stereocenters. The van der Waals surface area contributed by atoms with Crippen LogP contribution in [0.15, 0.2) is 102 Å². The first-order chi connectivity index (χ1) is 25.5. The van der Waals surface area contributed by atoms with E-state index in [9.17, 15) is 14.7 Å². The molecule has 9 nitrogen and oxygen atoms in total. The molecule has 4 aromatic carbocycles. The molecule has 53 heavy (non-hydrogen) atoms. The number of aliphatic hydroxyl groups excluding tert-OH is 1. The molecule has 0 radical (unpaired) electrons. The zero-order valence-electron chi connectivity index (χ0n) is 30.6. The lowest BCUT2D eigenvalue weighted by Gasteiger charge is -2.37. The highest BCUT2D eigenvalue weighted by Gasteiger charge is 2.66. The lowest BCUT2D eigenvalue weighted by Crippen LogP contribution is -2.52. The number of rotatable bonds is 11. The summed E-state index contributed by atoms with van der Waals surface area (Å²) in [5, 5.41) is 11.3. The first kappa shape index (κ1) is 37.0. The second-order valence-corrected chi connectivity index (χ2v) is 20.6. The number of nitrogens with zero attached hydrogens (tertiary/aromatic N) is 3. The van der Waals surface area contributed by atoms with Crippen LogP contribution in [0, 0.1) is 5.92 Å². The van der Waals surface area contributed by atoms with Crippen molar-refractivity contribution in [2.75, 3.05) is 30.1 Å². The van der Waals surface area contributed by atoms with Gasteiger partial charge in [0.15, 0.2) is 5.60 Å². The summed E-state index contributed by atoms with van der Waals surface area (Å²) in [4.78, 5) is 46.8. The molecule has 3 aliphatic heterocycles. The second kappa shape index (κ2) is 14.9. The molecule has 5 atom stereocenters. The molecule has 3 amide bonds. The number of hydrogen-bond acceptors (Lipinski definition) is 6. The summed E-state index contributed by atoms with van der Waals surface area (Å²) in [5.74, 6) is 0.280. The van der Waals surface area contributed by atoms with E-state index in [1.807, 2.05) is 84.9 Å². The summed E-state index contributed by atoms with van der Waals surface area (Å²) in [6, 6.07) is 31.0. The fourth-order valence-electron chi connectivity index (χ4n) is 9.13. The molecular formula is C42H46BrN3O6Si. The summed E-state index contributed by atoms with van der Waals surface area (Å²) in [6.07, 6.45) is 2.01. The molecule has 0 saturated carbocycles. The normalized spacial score (nSPS) is 23.8. The number of halogens is 1. The van der Waals surface area contributed by atoms with Crippen molar-refractivity contribution in [1.29, 1.82) is 0 Å². The van der Waals surface area contributed by atoms with Gasteiger partial charge >= 0.3 is 0 Å². The molecule has 2 saturated heterocycles. The number of aliphatic hydroxyl groups is 1. The monoisotopic (exact) mass is 795 g/mol. The van der Waals surface area contributed by atoms with Crippen LogP contribution in [0.2, 0.25) is 18.6 Å². The molecule has 7 rings (SSSR count). The zero-order valence-corrected chi connectivity index (χ0v) is 33.2. The van der Waals surface area contributed by atoms with Crippen molar-refractivity contribution in [2.24, 2.45) is 5.92 Å². The molecule has 0 bridgehead atoms. The Kier molecular flexibility index (Phi) is 10.4. The van der Waals surface area contributed by atoms with Gasteiger partial charge in [-0.3, -0.25) is 19.3 Å². The third-order valence-corrected chi connectivity index (χ3v) is 16.6. The van der Waals surface area contributed by atoms with Crippen LogP contribution >= 0.6 is 15.9 Å². The number of carbonyl (C=O) groups excluding carboxylic acids is 3. The van der Waals surface area contributed by atoms with Crippen LogP contribution in [-0.4, -0.2) is 68.7 Å². The topological polar surface area (TPSA) is 99.6 Å². The van der Waals surface area contributed by atoms with Gasteiger partial charge in [-0.2, -0.15) is 0 Å². The molecule has 1 N–H and O–H groups in total. The van der Waals surface area contributed by atoms with Crippen molar-refractivity contribution in [3.05, 3.63) is 113 Å². The maximum atomic E-state index is 15.3. The largest absolute Gasteiger partial charge is 0.497 e. The van der Waals surface area contributed by atoms with Gasteiger partial charge in [0.2, 0.25) is 12.3 Å². The lowest BCUT2D eigenvalue weighted by molar-refractivity contribution is -0.150. The van der Waals surface area contributed by atoms with Crippen molar-refractivity contribution in [3.8, 4) is 5.75 Å². The number of benzene rings is 4. The van der Waals surface area contributed by atoms with Gasteiger partial charge in [-0.15, -0.1) is 0 Å². The standard InChI is InChI=1S/C42H46BrN3O6Si/c1-28-40(53(3,4)35-18-16-34(51-2)17-19-35)38(24-39(49)44-21-9-14-33(44)26-47)52-42(28)36-23-30(43)15-20-37(36)45(41(42)50)25-29-10-8-13-32(22-29)46(27-48)31-11-6-5-7-12-31/h5-8,10-13,15-20,22-23,27-28,33,38,40,47H,9,14,21,24-26H2,1-4H3/t28-,33-,38+,40-,42+/m0/s1. The highest BCUT2D eigenvalue weighted by molar-refractivity contribution is 9.10. The van der Waals surface area contributed by atoms with Crippen LogP contribution in [0.4, 0.5) is 17.1 Å². The zero-order chi connectivity index (χ0) is 37.5. The maximum absolute atomic E-state index is 15.3. The van der Waals surface area contributed by atoms with Crippen LogP contribution in [0.1, 0.15) is 37.3 Å². The van der Waals surface area contributed by atoms with Gasteiger partial charge in [0, 0.05) is 33.9 Å². The summed E-state index contributed by atoms with van der Waals surface area (Å²) < 4.78 is 13.5. The number of fused-ring (bicyclic) bond motifs is 2. The minimum Gasteiger partial charge on any atom is -0.497 e. The summed E-state index contributed by atoms with van der Waals surface area (Å²) >= 11 is 3.69. The number of ether oxygens (including phenoxy) is 2. The quantitative estimate of drug-likeness (QED) is 0.131. The van der Waals surface area contributed by atoms with Gasteiger partial charge < -0.3 is 24.4 Å². The van der Waals surface area contributed by atoms with Crippen molar-refractivity contribution in [2.45, 2.75) is 69.1 Å². The second-order valence-electron chi connectivity index (χ2n) is 15.0. The van der Waals surface area contributed by atoms with Crippen LogP contribution < -0.4 is 19.7 Å². The lowest BCUT2D eigenvalue weighted by atomic mass is 9.82. The molecule has 3 aliphatic rings. The molecule has 3 heterocycles. The van der Waals surface area contributed by atoms with Crippen LogP contribution in [0.25, 0.3) is 0 Å². The summed E-state index contributed by atoms with van der Waals surface area (Å²) in [5.41, 5.74) is 2.41. The summed E-state index contributed by atoms with van der Waals surface area (Å²) in [6.45, 7) is 7.53. The Morgan fingerprint density at radius 3 is 2.47 bits per heavy atom. The minimum absolute atomic E-state index is 0.0490. The smallest absolute Gasteiger partial charge is 0.264 e. The molecule has 0 aliphatic carbocycles. The molecule has 1 spiro atoms. The number of amides is 3. The van der Waals surface area contributed by atoms with Gasteiger partial charge in [0.25, 0.3) is 5.91 Å². The fourth-order valence-corrected chi connectivity index (χ4v) is 13.5. The highest BCUT2D eigenvalue weighted by atomic mass is 79.9. The van der Waals surface area contributed by atoms with Crippen LogP contribution in [0.5, 0.6) is 5.75 Å². The number of methoxy groups -OCH3 is 1. The number of para-hydroxylation sites is 1. The van der Waals surface area contributed by atoms with E-state index < -0.39 is 19.8 Å². The average molecular weight is 797 g/mol. The average Bonchev–Trinajstić information content (AvgIpc) is 3.83. The van der Waals surface area contributed by atoms with Gasteiger partial charge in [0.05, 0.1) is 52.6 Å². The number of carbonyl (C=O) groups is 3. The Balaban J connectivity index is 1.28. The fraction of sp³-hybridized carbons (Fsp3) is 0.357. The van der Waals surface area contributed by atoms with E-state index in [2.05, 4.69) is 48.1 Å². The molecule has 0 aromatic heterocycles. The van der Waals surface area contributed by atoms with Gasteiger partial charge in [-0.25, -0.2) is 0 Å². The number of anilines is 3. The molecule has 2 fully saturated rings. The third kappa shape index (κ3) is 6.51. The molecule has 11 heteroatoms. The number of hydrogen-bond donors (Lipinski definition) is 1. The maximum Gasteiger partial charge on any atom is 0.264 e. The van der Waals surface area contributed by atoms with Crippen LogP contribution in [0.3, 0.4) is 0 Å². The van der Waals surface area contributed by atoms with E-state index in [0.29, 0.717) is 12.2 Å². The Morgan fingerprint density at radius 2 is 1.77 bits per heavy atom. The first-order valence-corrected chi connectivity index (χ1v) is 22.1. The Bertz CT molecular complexity index is 1990. The minimum atomic E-state index is -2.47. The Morgan fingerprint density at radius 1 is 1.04 bits per heavy atom. The van der Waals surface area contributed by atoms with Crippen molar-refractivity contribution in [1.82, 2.24) is 4.90 Å². The molecule has 4 aromatic rings. The van der Waals surface area contributed by atoms with Crippen molar-refractivity contribution < 1.29 is 29.0 Å². The van der Waals surface area contributed by atoms with E-state index >= 15 is 4.79 Å².